The Kier molecular flexibility index (Phi) is 9.45. The van der Waals surface area contributed by atoms with Gasteiger partial charge in [-0.3, -0.25) is 4.98 Å². The molecule has 0 bridgehead atoms. The first-order valence-electron chi connectivity index (χ1n) is 9.66. The van der Waals surface area contributed by atoms with Crippen LogP contribution in [0.15, 0.2) is 90.8 Å². The van der Waals surface area contributed by atoms with Crippen molar-refractivity contribution in [3.05, 3.63) is 96.9 Å². The summed E-state index contributed by atoms with van der Waals surface area (Å²) in [7, 11) is 0.322. The fourth-order valence-corrected chi connectivity index (χ4v) is 3.36. The number of aryl methyl sites for hydroxylation is 1. The van der Waals surface area contributed by atoms with E-state index in [1.54, 1.807) is 19.4 Å². The van der Waals surface area contributed by atoms with Crippen molar-refractivity contribution in [3.8, 4) is 0 Å². The Balaban J connectivity index is 2.03. The molecule has 0 saturated carbocycles. The second-order valence-electron chi connectivity index (χ2n) is 6.58. The quantitative estimate of drug-likeness (QED) is 0.244. The van der Waals surface area contributed by atoms with Gasteiger partial charge in [0, 0.05) is 36.4 Å². The Hall–Kier alpha value is -3.45. The Labute approximate surface area is 186 Å². The second kappa shape index (κ2) is 12.3. The van der Waals surface area contributed by atoms with Gasteiger partial charge in [-0.05, 0) is 49.2 Å². The number of aliphatic imine (C=N–C) groups is 1. The van der Waals surface area contributed by atoms with Crippen molar-refractivity contribution < 1.29 is 8.95 Å². The first-order chi connectivity index (χ1) is 14.9. The third-order valence-corrected chi connectivity index (χ3v) is 5.18. The molecular formula is C24H28N4O2S. The zero-order valence-corrected chi connectivity index (χ0v) is 18.9. The minimum absolute atomic E-state index is 0.297. The summed E-state index contributed by atoms with van der Waals surface area (Å²) in [4.78, 5) is 8.15. The normalized spacial score (nSPS) is 12.7. The number of ether oxygens (including phenoxy) is 1. The van der Waals surface area contributed by atoms with Crippen LogP contribution < -0.4 is 10.0 Å². The van der Waals surface area contributed by atoms with E-state index in [-0.39, 0.29) is 0 Å². The van der Waals surface area contributed by atoms with Gasteiger partial charge in [0.15, 0.2) is 0 Å². The van der Waals surface area contributed by atoms with E-state index >= 15 is 0 Å². The zero-order chi connectivity index (χ0) is 22.6. The average Bonchev–Trinajstić information content (AvgIpc) is 2.76. The van der Waals surface area contributed by atoms with Crippen LogP contribution in [-0.4, -0.2) is 28.0 Å². The number of nitrogens with one attached hydrogen (secondary N) is 2. The van der Waals surface area contributed by atoms with Gasteiger partial charge in [-0.1, -0.05) is 43.5 Å². The Morgan fingerprint density at radius 2 is 1.97 bits per heavy atom. The summed E-state index contributed by atoms with van der Waals surface area (Å²) in [5.41, 5.74) is 4.05. The van der Waals surface area contributed by atoms with Gasteiger partial charge >= 0.3 is 0 Å². The number of benzene rings is 1. The number of hydrogen-bond donors (Lipinski definition) is 2. The molecule has 1 unspecified atom stereocenters. The largest absolute Gasteiger partial charge is 0.426 e. The van der Waals surface area contributed by atoms with Crippen molar-refractivity contribution in [3.63, 3.8) is 0 Å². The monoisotopic (exact) mass is 436 g/mol. The second-order valence-corrected chi connectivity index (χ2v) is 7.76. The third kappa shape index (κ3) is 8.06. The van der Waals surface area contributed by atoms with Gasteiger partial charge in [-0.15, -0.1) is 0 Å². The highest BCUT2D eigenvalue weighted by Gasteiger charge is 2.09. The van der Waals surface area contributed by atoms with E-state index in [2.05, 4.69) is 33.2 Å². The summed E-state index contributed by atoms with van der Waals surface area (Å²) < 4.78 is 21.2. The van der Waals surface area contributed by atoms with Gasteiger partial charge in [0.1, 0.15) is 16.7 Å². The van der Waals surface area contributed by atoms with Crippen LogP contribution >= 0.6 is 0 Å². The number of anilines is 2. The molecule has 0 aliphatic heterocycles. The molecule has 0 aliphatic carbocycles. The lowest BCUT2D eigenvalue weighted by Gasteiger charge is -2.15. The highest BCUT2D eigenvalue weighted by molar-refractivity contribution is 7.86. The van der Waals surface area contributed by atoms with Crippen molar-refractivity contribution in [2.75, 3.05) is 22.8 Å². The molecule has 1 atom stereocenters. The summed E-state index contributed by atoms with van der Waals surface area (Å²) in [6.07, 6.45) is 10.9. The summed E-state index contributed by atoms with van der Waals surface area (Å²) in [5.74, 6) is 0.773. The van der Waals surface area contributed by atoms with Crippen molar-refractivity contribution in [1.29, 1.82) is 0 Å². The van der Waals surface area contributed by atoms with E-state index in [9.17, 15) is 4.21 Å². The lowest BCUT2D eigenvalue weighted by Crippen LogP contribution is -2.16. The zero-order valence-electron chi connectivity index (χ0n) is 18.1. The number of nitrogens with zero attached hydrogens (tertiary/aromatic N) is 2. The third-order valence-electron chi connectivity index (χ3n) is 4.09. The first kappa shape index (κ1) is 23.8. The molecule has 6 nitrogen and oxygen atoms in total. The molecule has 1 aromatic heterocycles. The molecule has 0 amide bonds. The molecule has 1 heterocycles. The molecule has 162 valence electrons. The maximum Gasteiger partial charge on any atom is 0.294 e. The molecule has 0 fully saturated rings. The number of pyridine rings is 1. The van der Waals surface area contributed by atoms with Crippen LogP contribution in [0.1, 0.15) is 18.1 Å². The molecule has 7 heteroatoms. The van der Waals surface area contributed by atoms with Gasteiger partial charge < -0.3 is 14.8 Å². The molecule has 0 saturated heterocycles. The predicted octanol–water partition coefficient (Wildman–Crippen LogP) is 5.24. The SMILES string of the molecule is C=C(/C=C\C=C/C)CS(=O)Nc1ccc(C)c(NC(=NC)OC(=C)c2ccncc2)c1. The van der Waals surface area contributed by atoms with Crippen LogP contribution in [0.2, 0.25) is 0 Å². The Bertz CT molecular complexity index is 1030. The molecule has 0 radical (unpaired) electrons. The number of amidine groups is 1. The lowest BCUT2D eigenvalue weighted by molar-refractivity contribution is 0.506. The van der Waals surface area contributed by atoms with Crippen molar-refractivity contribution in [1.82, 2.24) is 4.98 Å². The Morgan fingerprint density at radius 3 is 2.65 bits per heavy atom. The van der Waals surface area contributed by atoms with E-state index in [4.69, 9.17) is 4.74 Å². The Morgan fingerprint density at radius 1 is 1.23 bits per heavy atom. The first-order valence-corrected chi connectivity index (χ1v) is 11.0. The maximum atomic E-state index is 12.4. The van der Waals surface area contributed by atoms with Gasteiger partial charge in [0.05, 0.1) is 5.75 Å². The molecule has 0 spiro atoms. The van der Waals surface area contributed by atoms with Crippen LogP contribution in [0.4, 0.5) is 11.4 Å². The smallest absolute Gasteiger partial charge is 0.294 e. The van der Waals surface area contributed by atoms with Crippen molar-refractivity contribution >= 4 is 34.1 Å². The molecule has 1 aromatic carbocycles. The van der Waals surface area contributed by atoms with Gasteiger partial charge in [0.2, 0.25) is 0 Å². The molecule has 2 N–H and O–H groups in total. The van der Waals surface area contributed by atoms with Crippen molar-refractivity contribution in [2.24, 2.45) is 4.99 Å². The van der Waals surface area contributed by atoms with Crippen molar-refractivity contribution in [2.45, 2.75) is 13.8 Å². The van der Waals surface area contributed by atoms with E-state index in [1.807, 2.05) is 68.5 Å². The van der Waals surface area contributed by atoms with E-state index in [0.29, 0.717) is 23.2 Å². The number of rotatable bonds is 9. The van der Waals surface area contributed by atoms with E-state index in [1.165, 1.54) is 0 Å². The summed E-state index contributed by atoms with van der Waals surface area (Å²) in [5, 5.41) is 3.16. The van der Waals surface area contributed by atoms with Gasteiger partial charge in [0.25, 0.3) is 6.02 Å². The van der Waals surface area contributed by atoms with Crippen LogP contribution in [0.3, 0.4) is 0 Å². The number of aromatic nitrogens is 1. The highest BCUT2D eigenvalue weighted by Crippen LogP contribution is 2.22. The summed E-state index contributed by atoms with van der Waals surface area (Å²) >= 11 is 0. The van der Waals surface area contributed by atoms with Crippen LogP contribution in [-0.2, 0) is 15.7 Å². The number of hydrogen-bond acceptors (Lipinski definition) is 4. The molecular weight excluding hydrogens is 408 g/mol. The number of allylic oxidation sites excluding steroid dienone is 4. The minimum atomic E-state index is -1.30. The summed E-state index contributed by atoms with van der Waals surface area (Å²) in [6.45, 7) is 11.8. The molecule has 2 rings (SSSR count). The minimum Gasteiger partial charge on any atom is -0.426 e. The average molecular weight is 437 g/mol. The van der Waals surface area contributed by atoms with Gasteiger partial charge in [-0.25, -0.2) is 9.20 Å². The summed E-state index contributed by atoms with van der Waals surface area (Å²) in [6, 6.07) is 9.56. The fourth-order valence-electron chi connectivity index (χ4n) is 2.46. The van der Waals surface area contributed by atoms with E-state index in [0.717, 1.165) is 22.4 Å². The van der Waals surface area contributed by atoms with Crippen LogP contribution in [0.5, 0.6) is 0 Å². The van der Waals surface area contributed by atoms with Gasteiger partial charge in [-0.2, -0.15) is 0 Å². The highest BCUT2D eigenvalue weighted by atomic mass is 32.2. The van der Waals surface area contributed by atoms with E-state index < -0.39 is 11.0 Å². The van der Waals surface area contributed by atoms with Crippen LogP contribution in [0, 0.1) is 6.92 Å². The molecule has 2 aromatic rings. The maximum absolute atomic E-state index is 12.4. The van der Waals surface area contributed by atoms with Crippen LogP contribution in [0.25, 0.3) is 5.76 Å². The lowest BCUT2D eigenvalue weighted by atomic mass is 10.2. The topological polar surface area (TPSA) is 75.6 Å². The fraction of sp³-hybridized carbons (Fsp3) is 0.167. The molecule has 31 heavy (non-hydrogen) atoms. The molecule has 0 aliphatic rings. The standard InChI is InChI=1S/C24H28N4O2S/c1-6-7-8-9-18(2)17-31(29)28-22-11-10-19(3)23(16-22)27-24(25-5)30-20(4)21-12-14-26-15-13-21/h6-16,28H,2,4,17H2,1,3,5H3,(H,25,27)/b7-6-,9-8-. The predicted molar refractivity (Wildman–Crippen MR) is 132 cm³/mol.